The molecular weight excluding hydrogens is 326 g/mol. The maximum Gasteiger partial charge on any atom is 0.123 e. The third kappa shape index (κ3) is 7.32. The summed E-state index contributed by atoms with van der Waals surface area (Å²) >= 11 is 3.54. The van der Waals surface area contributed by atoms with Crippen molar-refractivity contribution < 1.29 is 4.74 Å². The van der Waals surface area contributed by atoms with Crippen molar-refractivity contribution in [2.24, 2.45) is 0 Å². The number of ether oxygens (including phenoxy) is 1. The number of benzene rings is 1. The molecule has 1 aromatic rings. The van der Waals surface area contributed by atoms with Crippen LogP contribution >= 0.6 is 15.9 Å². The van der Waals surface area contributed by atoms with Crippen LogP contribution in [0.1, 0.15) is 65.9 Å². The first kappa shape index (κ1) is 18.5. The van der Waals surface area contributed by atoms with E-state index in [9.17, 15) is 0 Å². The molecule has 1 aromatic carbocycles. The molecule has 120 valence electrons. The Morgan fingerprint density at radius 2 is 1.86 bits per heavy atom. The lowest BCUT2D eigenvalue weighted by atomic mass is 10.0. The van der Waals surface area contributed by atoms with Crippen LogP contribution in [0.4, 0.5) is 0 Å². The predicted octanol–water partition coefficient (Wildman–Crippen LogP) is 5.51. The fourth-order valence-electron chi connectivity index (χ4n) is 2.21. The average molecular weight is 356 g/mol. The summed E-state index contributed by atoms with van der Waals surface area (Å²) in [5.41, 5.74) is 1.46. The Balaban J connectivity index is 2.49. The smallest absolute Gasteiger partial charge is 0.123 e. The average Bonchev–Trinajstić information content (AvgIpc) is 2.35. The van der Waals surface area contributed by atoms with Gasteiger partial charge in [0, 0.05) is 10.0 Å². The molecule has 0 aliphatic rings. The van der Waals surface area contributed by atoms with E-state index in [0.717, 1.165) is 29.6 Å². The summed E-state index contributed by atoms with van der Waals surface area (Å²) < 4.78 is 7.26. The zero-order chi connectivity index (χ0) is 16.0. The minimum atomic E-state index is 0.195. The molecule has 1 unspecified atom stereocenters. The van der Waals surface area contributed by atoms with Gasteiger partial charge in [-0.1, -0.05) is 29.8 Å². The van der Waals surface area contributed by atoms with Crippen LogP contribution in [0, 0.1) is 0 Å². The van der Waals surface area contributed by atoms with E-state index < -0.39 is 0 Å². The lowest BCUT2D eigenvalue weighted by Crippen LogP contribution is -2.36. The first-order valence-electron chi connectivity index (χ1n) is 7.90. The first-order chi connectivity index (χ1) is 9.69. The molecule has 0 aromatic heterocycles. The largest absolute Gasteiger partial charge is 0.490 e. The molecule has 1 atom stereocenters. The first-order valence-corrected chi connectivity index (χ1v) is 8.69. The summed E-state index contributed by atoms with van der Waals surface area (Å²) in [5.74, 6) is 1.48. The number of halogens is 1. The van der Waals surface area contributed by atoms with Crippen molar-refractivity contribution in [3.8, 4) is 5.75 Å². The SMILES string of the molecule is CC(CCCNC(C)(C)C)Oc1ccc(Br)cc1C(C)C. The van der Waals surface area contributed by atoms with Gasteiger partial charge in [0.15, 0.2) is 0 Å². The molecule has 0 bridgehead atoms. The molecule has 0 heterocycles. The Kier molecular flexibility index (Phi) is 7.22. The fraction of sp³-hybridized carbons (Fsp3) is 0.667. The lowest BCUT2D eigenvalue weighted by molar-refractivity contribution is 0.203. The van der Waals surface area contributed by atoms with Gasteiger partial charge < -0.3 is 10.1 Å². The predicted molar refractivity (Wildman–Crippen MR) is 95.3 cm³/mol. The molecule has 0 amide bonds. The molecular formula is C18H30BrNO. The molecule has 3 heteroatoms. The van der Waals surface area contributed by atoms with E-state index in [-0.39, 0.29) is 11.6 Å². The van der Waals surface area contributed by atoms with E-state index in [0.29, 0.717) is 5.92 Å². The number of hydrogen-bond acceptors (Lipinski definition) is 2. The monoisotopic (exact) mass is 355 g/mol. The van der Waals surface area contributed by atoms with Gasteiger partial charge in [0.2, 0.25) is 0 Å². The van der Waals surface area contributed by atoms with Crippen molar-refractivity contribution >= 4 is 15.9 Å². The summed E-state index contributed by atoms with van der Waals surface area (Å²) in [6, 6.07) is 6.28. The molecule has 0 aliphatic carbocycles. The Labute approximate surface area is 138 Å². The third-order valence-electron chi connectivity index (χ3n) is 3.36. The molecule has 2 nitrogen and oxygen atoms in total. The summed E-state index contributed by atoms with van der Waals surface area (Å²) in [6.07, 6.45) is 2.44. The summed E-state index contributed by atoms with van der Waals surface area (Å²) in [4.78, 5) is 0. The van der Waals surface area contributed by atoms with Crippen LogP contribution in [0.25, 0.3) is 0 Å². The van der Waals surface area contributed by atoms with Gasteiger partial charge in [-0.2, -0.15) is 0 Å². The second-order valence-electron chi connectivity index (χ2n) is 7.08. The molecule has 0 radical (unpaired) electrons. The molecule has 0 aliphatic heterocycles. The normalized spacial score (nSPS) is 13.5. The van der Waals surface area contributed by atoms with E-state index in [1.807, 2.05) is 0 Å². The Morgan fingerprint density at radius 1 is 1.19 bits per heavy atom. The summed E-state index contributed by atoms with van der Waals surface area (Å²) in [7, 11) is 0. The Morgan fingerprint density at radius 3 is 2.43 bits per heavy atom. The topological polar surface area (TPSA) is 21.3 Å². The molecule has 0 saturated heterocycles. The highest BCUT2D eigenvalue weighted by Gasteiger charge is 2.12. The number of nitrogens with one attached hydrogen (secondary N) is 1. The van der Waals surface area contributed by atoms with Gasteiger partial charge in [-0.05, 0) is 76.8 Å². The zero-order valence-corrected chi connectivity index (χ0v) is 15.9. The van der Waals surface area contributed by atoms with E-state index in [1.165, 1.54) is 5.56 Å². The van der Waals surface area contributed by atoms with Crippen LogP contribution < -0.4 is 10.1 Å². The maximum atomic E-state index is 6.15. The second kappa shape index (κ2) is 8.19. The number of hydrogen-bond donors (Lipinski definition) is 1. The van der Waals surface area contributed by atoms with Crippen molar-refractivity contribution in [3.63, 3.8) is 0 Å². The van der Waals surface area contributed by atoms with Gasteiger partial charge in [0.1, 0.15) is 5.75 Å². The van der Waals surface area contributed by atoms with Crippen LogP contribution in [-0.2, 0) is 0 Å². The van der Waals surface area contributed by atoms with E-state index in [2.05, 4.69) is 81.0 Å². The Hall–Kier alpha value is -0.540. The fourth-order valence-corrected chi connectivity index (χ4v) is 2.59. The molecule has 21 heavy (non-hydrogen) atoms. The van der Waals surface area contributed by atoms with Crippen molar-refractivity contribution in [2.75, 3.05) is 6.54 Å². The molecule has 0 saturated carbocycles. The maximum absolute atomic E-state index is 6.15. The van der Waals surface area contributed by atoms with Gasteiger partial charge in [-0.15, -0.1) is 0 Å². The van der Waals surface area contributed by atoms with E-state index >= 15 is 0 Å². The van der Waals surface area contributed by atoms with Crippen molar-refractivity contribution in [1.82, 2.24) is 5.32 Å². The van der Waals surface area contributed by atoms with Crippen LogP contribution in [0.3, 0.4) is 0 Å². The highest BCUT2D eigenvalue weighted by Crippen LogP contribution is 2.30. The van der Waals surface area contributed by atoms with Crippen molar-refractivity contribution in [2.45, 2.75) is 71.9 Å². The van der Waals surface area contributed by atoms with E-state index in [1.54, 1.807) is 0 Å². The lowest BCUT2D eigenvalue weighted by Gasteiger charge is -2.22. The molecule has 1 N–H and O–H groups in total. The quantitative estimate of drug-likeness (QED) is 0.651. The molecule has 1 rings (SSSR count). The molecule has 0 spiro atoms. The minimum Gasteiger partial charge on any atom is -0.490 e. The summed E-state index contributed by atoms with van der Waals surface area (Å²) in [5, 5.41) is 3.52. The third-order valence-corrected chi connectivity index (χ3v) is 3.86. The summed E-state index contributed by atoms with van der Waals surface area (Å²) in [6.45, 7) is 14.2. The van der Waals surface area contributed by atoms with Crippen molar-refractivity contribution in [3.05, 3.63) is 28.2 Å². The van der Waals surface area contributed by atoms with Crippen LogP contribution in [-0.4, -0.2) is 18.2 Å². The van der Waals surface area contributed by atoms with Crippen molar-refractivity contribution in [1.29, 1.82) is 0 Å². The second-order valence-corrected chi connectivity index (χ2v) is 8.00. The van der Waals surface area contributed by atoms with Crippen LogP contribution in [0.2, 0.25) is 0 Å². The van der Waals surface area contributed by atoms with Gasteiger partial charge >= 0.3 is 0 Å². The van der Waals surface area contributed by atoms with Gasteiger partial charge in [0.25, 0.3) is 0 Å². The zero-order valence-electron chi connectivity index (χ0n) is 14.3. The minimum absolute atomic E-state index is 0.195. The molecule has 0 fully saturated rings. The van der Waals surface area contributed by atoms with Gasteiger partial charge in [0.05, 0.1) is 6.10 Å². The highest BCUT2D eigenvalue weighted by molar-refractivity contribution is 9.10. The van der Waals surface area contributed by atoms with Crippen LogP contribution in [0.15, 0.2) is 22.7 Å². The highest BCUT2D eigenvalue weighted by atomic mass is 79.9. The Bertz CT molecular complexity index is 437. The standard InChI is InChI=1S/C18H30BrNO/c1-13(2)16-12-15(19)9-10-17(16)21-14(3)8-7-11-20-18(4,5)6/h9-10,12-14,20H,7-8,11H2,1-6H3. The van der Waals surface area contributed by atoms with Crippen LogP contribution in [0.5, 0.6) is 5.75 Å². The van der Waals surface area contributed by atoms with E-state index in [4.69, 9.17) is 4.74 Å². The number of rotatable bonds is 7. The van der Waals surface area contributed by atoms with Gasteiger partial charge in [-0.25, -0.2) is 0 Å². The van der Waals surface area contributed by atoms with Gasteiger partial charge in [-0.3, -0.25) is 0 Å².